The second-order valence-corrected chi connectivity index (χ2v) is 6.99. The second-order valence-electron chi connectivity index (χ2n) is 5.95. The lowest BCUT2D eigenvalue weighted by Crippen LogP contribution is -2.27. The molecule has 2 aromatic heterocycles. The average molecular weight is 395 g/mol. The number of nitrogens with one attached hydrogen (secondary N) is 1. The molecule has 7 heteroatoms. The molecule has 1 atom stereocenters. The molecule has 3 rings (SSSR count). The number of anilines is 1. The standard InChI is InChI=1S/C21H21N3O3S/c1-15(27-14-16-6-5-7-18(12-16)26-2)21(25)24-17-9-11-23-20(13-17)28-19-8-3-4-10-22-19/h3-13,15H,14H2,1-2H3,(H,23,24,25). The van der Waals surface area contributed by atoms with Crippen molar-refractivity contribution < 1.29 is 14.3 Å². The van der Waals surface area contributed by atoms with Gasteiger partial charge in [0.05, 0.1) is 13.7 Å². The van der Waals surface area contributed by atoms with Gasteiger partial charge >= 0.3 is 0 Å². The molecule has 1 amide bonds. The van der Waals surface area contributed by atoms with E-state index in [1.165, 1.54) is 11.8 Å². The van der Waals surface area contributed by atoms with E-state index < -0.39 is 6.10 Å². The Kier molecular flexibility index (Phi) is 7.00. The molecule has 0 aliphatic heterocycles. The Bertz CT molecular complexity index is 922. The molecule has 0 aliphatic rings. The van der Waals surface area contributed by atoms with Crippen LogP contribution in [0.3, 0.4) is 0 Å². The summed E-state index contributed by atoms with van der Waals surface area (Å²) in [7, 11) is 1.62. The minimum atomic E-state index is -0.605. The van der Waals surface area contributed by atoms with E-state index in [4.69, 9.17) is 9.47 Å². The first-order valence-corrected chi connectivity index (χ1v) is 9.56. The maximum Gasteiger partial charge on any atom is 0.253 e. The topological polar surface area (TPSA) is 73.3 Å². The molecule has 0 spiro atoms. The van der Waals surface area contributed by atoms with E-state index in [1.807, 2.05) is 48.5 Å². The van der Waals surface area contributed by atoms with E-state index in [2.05, 4.69) is 15.3 Å². The summed E-state index contributed by atoms with van der Waals surface area (Å²) >= 11 is 1.43. The van der Waals surface area contributed by atoms with Gasteiger partial charge in [0, 0.05) is 18.1 Å². The van der Waals surface area contributed by atoms with E-state index in [0.717, 1.165) is 21.4 Å². The minimum absolute atomic E-state index is 0.220. The summed E-state index contributed by atoms with van der Waals surface area (Å²) in [6.07, 6.45) is 2.78. The van der Waals surface area contributed by atoms with Crippen molar-refractivity contribution in [3.05, 3.63) is 72.6 Å². The van der Waals surface area contributed by atoms with Crippen molar-refractivity contribution >= 4 is 23.4 Å². The van der Waals surface area contributed by atoms with Crippen LogP contribution in [0.5, 0.6) is 5.75 Å². The quantitative estimate of drug-likeness (QED) is 0.617. The summed E-state index contributed by atoms with van der Waals surface area (Å²) in [5, 5.41) is 4.46. The van der Waals surface area contributed by atoms with Crippen molar-refractivity contribution in [1.29, 1.82) is 0 Å². The maximum absolute atomic E-state index is 12.4. The van der Waals surface area contributed by atoms with Crippen LogP contribution in [-0.4, -0.2) is 29.1 Å². The number of amides is 1. The highest BCUT2D eigenvalue weighted by atomic mass is 32.2. The number of ether oxygens (including phenoxy) is 2. The van der Waals surface area contributed by atoms with Gasteiger partial charge in [0.15, 0.2) is 0 Å². The number of hydrogen-bond acceptors (Lipinski definition) is 6. The molecule has 0 saturated carbocycles. The van der Waals surface area contributed by atoms with Crippen LogP contribution in [0.1, 0.15) is 12.5 Å². The number of pyridine rings is 2. The molecule has 0 fully saturated rings. The minimum Gasteiger partial charge on any atom is -0.497 e. The molecule has 2 heterocycles. The van der Waals surface area contributed by atoms with Crippen molar-refractivity contribution in [2.75, 3.05) is 12.4 Å². The van der Waals surface area contributed by atoms with Crippen LogP contribution in [0, 0.1) is 0 Å². The number of carbonyl (C=O) groups is 1. The molecule has 1 N–H and O–H groups in total. The fraction of sp³-hybridized carbons (Fsp3) is 0.190. The number of benzene rings is 1. The highest BCUT2D eigenvalue weighted by Crippen LogP contribution is 2.25. The molecule has 0 radical (unpaired) electrons. The van der Waals surface area contributed by atoms with Gasteiger partial charge in [-0.05, 0) is 48.9 Å². The zero-order valence-corrected chi connectivity index (χ0v) is 16.5. The first-order valence-electron chi connectivity index (χ1n) is 8.74. The normalized spacial score (nSPS) is 11.6. The van der Waals surface area contributed by atoms with E-state index in [-0.39, 0.29) is 5.91 Å². The Hall–Kier alpha value is -2.90. The van der Waals surface area contributed by atoms with Gasteiger partial charge in [-0.1, -0.05) is 30.0 Å². The molecule has 6 nitrogen and oxygen atoms in total. The molecule has 144 valence electrons. The van der Waals surface area contributed by atoms with Crippen LogP contribution in [0.2, 0.25) is 0 Å². The Morgan fingerprint density at radius 3 is 2.71 bits per heavy atom. The highest BCUT2D eigenvalue weighted by molar-refractivity contribution is 7.99. The van der Waals surface area contributed by atoms with E-state index >= 15 is 0 Å². The van der Waals surface area contributed by atoms with Gasteiger partial charge in [0.25, 0.3) is 5.91 Å². The third-order valence-corrected chi connectivity index (χ3v) is 4.74. The van der Waals surface area contributed by atoms with E-state index in [0.29, 0.717) is 12.3 Å². The number of rotatable bonds is 8. The summed E-state index contributed by atoms with van der Waals surface area (Å²) in [4.78, 5) is 21.0. The SMILES string of the molecule is COc1cccc(COC(C)C(=O)Nc2ccnc(Sc3ccccn3)c2)c1. The Morgan fingerprint density at radius 1 is 1.07 bits per heavy atom. The van der Waals surface area contributed by atoms with Crippen molar-refractivity contribution in [2.45, 2.75) is 29.7 Å². The predicted molar refractivity (Wildman–Crippen MR) is 108 cm³/mol. The number of nitrogens with zero attached hydrogens (tertiary/aromatic N) is 2. The van der Waals surface area contributed by atoms with Gasteiger partial charge < -0.3 is 14.8 Å². The number of methoxy groups -OCH3 is 1. The predicted octanol–water partition coefficient (Wildman–Crippen LogP) is 4.18. The van der Waals surface area contributed by atoms with E-state index in [9.17, 15) is 4.79 Å². The first kappa shape index (κ1) is 19.9. The molecule has 28 heavy (non-hydrogen) atoms. The smallest absolute Gasteiger partial charge is 0.253 e. The molecule has 0 bridgehead atoms. The Labute approximate surface area is 168 Å². The number of carbonyl (C=O) groups excluding carboxylic acids is 1. The van der Waals surface area contributed by atoms with Gasteiger partial charge in [-0.15, -0.1) is 0 Å². The molecule has 3 aromatic rings. The molecular formula is C21H21N3O3S. The zero-order valence-electron chi connectivity index (χ0n) is 15.7. The monoisotopic (exact) mass is 395 g/mol. The van der Waals surface area contributed by atoms with Crippen LogP contribution >= 0.6 is 11.8 Å². The van der Waals surface area contributed by atoms with Gasteiger partial charge in [-0.25, -0.2) is 9.97 Å². The third-order valence-electron chi connectivity index (χ3n) is 3.85. The van der Waals surface area contributed by atoms with Crippen LogP contribution in [0.15, 0.2) is 77.0 Å². The lowest BCUT2D eigenvalue weighted by molar-refractivity contribution is -0.127. The highest BCUT2D eigenvalue weighted by Gasteiger charge is 2.14. The molecular weight excluding hydrogens is 374 g/mol. The van der Waals surface area contributed by atoms with Crippen molar-refractivity contribution in [3.63, 3.8) is 0 Å². The average Bonchev–Trinajstić information content (AvgIpc) is 2.73. The summed E-state index contributed by atoms with van der Waals surface area (Å²) in [5.41, 5.74) is 1.60. The summed E-state index contributed by atoms with van der Waals surface area (Å²) in [6, 6.07) is 16.8. The van der Waals surface area contributed by atoms with Crippen LogP contribution < -0.4 is 10.1 Å². The maximum atomic E-state index is 12.4. The van der Waals surface area contributed by atoms with Crippen LogP contribution in [0.4, 0.5) is 5.69 Å². The third kappa shape index (κ3) is 5.80. The van der Waals surface area contributed by atoms with Crippen LogP contribution in [0.25, 0.3) is 0 Å². The number of aromatic nitrogens is 2. The summed E-state index contributed by atoms with van der Waals surface area (Å²) in [6.45, 7) is 2.04. The molecule has 0 saturated heterocycles. The summed E-state index contributed by atoms with van der Waals surface area (Å²) in [5.74, 6) is 0.538. The Balaban J connectivity index is 1.55. The lowest BCUT2D eigenvalue weighted by Gasteiger charge is -2.14. The molecule has 1 unspecified atom stereocenters. The Morgan fingerprint density at radius 2 is 1.93 bits per heavy atom. The fourth-order valence-corrected chi connectivity index (χ4v) is 3.13. The van der Waals surface area contributed by atoms with Gasteiger partial charge in [0.2, 0.25) is 0 Å². The van der Waals surface area contributed by atoms with Gasteiger partial charge in [-0.2, -0.15) is 0 Å². The first-order chi connectivity index (χ1) is 13.6. The zero-order chi connectivity index (χ0) is 19.8. The van der Waals surface area contributed by atoms with E-state index in [1.54, 1.807) is 32.5 Å². The molecule has 0 aliphatic carbocycles. The number of hydrogen-bond donors (Lipinski definition) is 1. The largest absolute Gasteiger partial charge is 0.497 e. The van der Waals surface area contributed by atoms with Gasteiger partial charge in [0.1, 0.15) is 21.9 Å². The van der Waals surface area contributed by atoms with Gasteiger partial charge in [-0.3, -0.25) is 4.79 Å². The van der Waals surface area contributed by atoms with Crippen molar-refractivity contribution in [1.82, 2.24) is 9.97 Å². The van der Waals surface area contributed by atoms with Crippen LogP contribution in [-0.2, 0) is 16.1 Å². The van der Waals surface area contributed by atoms with Crippen molar-refractivity contribution in [3.8, 4) is 5.75 Å². The lowest BCUT2D eigenvalue weighted by atomic mass is 10.2. The van der Waals surface area contributed by atoms with Crippen molar-refractivity contribution in [2.24, 2.45) is 0 Å². The second kappa shape index (κ2) is 9.87. The molecule has 1 aromatic carbocycles. The summed E-state index contributed by atoms with van der Waals surface area (Å²) < 4.78 is 10.9. The fourth-order valence-electron chi connectivity index (χ4n) is 2.36.